The molecule has 0 aliphatic carbocycles. The minimum atomic E-state index is -0.131. The molecule has 30 heavy (non-hydrogen) atoms. The van der Waals surface area contributed by atoms with Gasteiger partial charge >= 0.3 is 0 Å². The Bertz CT molecular complexity index is 1160. The highest BCUT2D eigenvalue weighted by atomic mass is 32.1. The Hall–Kier alpha value is -3.26. The number of carbonyl (C=O) groups excluding carboxylic acids is 1. The molecular formula is C22H23N5O2S. The molecule has 0 unspecified atom stereocenters. The summed E-state index contributed by atoms with van der Waals surface area (Å²) in [6.45, 7) is 6.39. The second-order valence-electron chi connectivity index (χ2n) is 7.15. The van der Waals surface area contributed by atoms with Crippen LogP contribution in [-0.4, -0.2) is 31.8 Å². The van der Waals surface area contributed by atoms with Crippen molar-refractivity contribution < 1.29 is 9.53 Å². The summed E-state index contributed by atoms with van der Waals surface area (Å²) in [5, 5.41) is 16.8. The Labute approximate surface area is 178 Å². The summed E-state index contributed by atoms with van der Waals surface area (Å²) in [4.78, 5) is 13.3. The number of hydrogen-bond acceptors (Lipinski definition) is 6. The minimum absolute atomic E-state index is 0.0637. The van der Waals surface area contributed by atoms with E-state index in [0.717, 1.165) is 33.3 Å². The van der Waals surface area contributed by atoms with E-state index in [0.29, 0.717) is 17.9 Å². The lowest BCUT2D eigenvalue weighted by Crippen LogP contribution is -2.22. The van der Waals surface area contributed by atoms with E-state index in [1.165, 1.54) is 11.3 Å². The number of fused-ring (bicyclic) bond motifs is 1. The largest absolute Gasteiger partial charge is 0.491 e. The molecule has 7 nitrogen and oxygen atoms in total. The zero-order valence-corrected chi connectivity index (χ0v) is 17.9. The fourth-order valence-electron chi connectivity index (χ4n) is 3.03. The van der Waals surface area contributed by atoms with Gasteiger partial charge in [-0.2, -0.15) is 9.61 Å². The van der Waals surface area contributed by atoms with Crippen molar-refractivity contribution in [3.8, 4) is 16.3 Å². The Morgan fingerprint density at radius 1 is 1.17 bits per heavy atom. The third-order valence-corrected chi connectivity index (χ3v) is 5.44. The molecule has 2 aromatic heterocycles. The lowest BCUT2D eigenvalue weighted by atomic mass is 10.1. The van der Waals surface area contributed by atoms with E-state index in [9.17, 15) is 4.79 Å². The molecule has 1 N–H and O–H groups in total. The number of carbonyl (C=O) groups is 1. The number of aromatic nitrogens is 4. The summed E-state index contributed by atoms with van der Waals surface area (Å²) < 4.78 is 7.46. The lowest BCUT2D eigenvalue weighted by Gasteiger charge is -2.11. The first kappa shape index (κ1) is 20.0. The van der Waals surface area contributed by atoms with Crippen LogP contribution >= 0.6 is 11.3 Å². The highest BCUT2D eigenvalue weighted by molar-refractivity contribution is 7.19. The minimum Gasteiger partial charge on any atom is -0.491 e. The number of aryl methyl sites for hydroxylation is 1. The standard InChI is InChI=1S/C22H23N5O2S/c1-4-19-24-25-22-27(19)26-21(30-22)16-10-8-15(9-11-16)13-23-20(28)17-6-5-7-18(12-17)29-14(2)3/h5-12,14H,4,13H2,1-3H3,(H,23,28). The smallest absolute Gasteiger partial charge is 0.251 e. The van der Waals surface area contributed by atoms with Crippen molar-refractivity contribution in [2.75, 3.05) is 0 Å². The number of rotatable bonds is 7. The molecule has 1 amide bonds. The Morgan fingerprint density at radius 2 is 1.97 bits per heavy atom. The van der Waals surface area contributed by atoms with Gasteiger partial charge in [-0.15, -0.1) is 10.2 Å². The topological polar surface area (TPSA) is 81.4 Å². The molecule has 0 saturated heterocycles. The van der Waals surface area contributed by atoms with Gasteiger partial charge in [0.2, 0.25) is 4.96 Å². The number of hydrogen-bond donors (Lipinski definition) is 1. The Balaban J connectivity index is 1.41. The second-order valence-corrected chi connectivity index (χ2v) is 8.10. The first-order valence-electron chi connectivity index (χ1n) is 9.89. The normalized spacial score (nSPS) is 11.2. The Morgan fingerprint density at radius 3 is 2.70 bits per heavy atom. The van der Waals surface area contributed by atoms with Crippen LogP contribution in [-0.2, 0) is 13.0 Å². The van der Waals surface area contributed by atoms with Crippen LogP contribution in [0, 0.1) is 0 Å². The summed E-state index contributed by atoms with van der Waals surface area (Å²) in [5.41, 5.74) is 2.61. The quantitative estimate of drug-likeness (QED) is 0.485. The summed E-state index contributed by atoms with van der Waals surface area (Å²) in [6, 6.07) is 15.2. The molecule has 2 heterocycles. The molecule has 0 atom stereocenters. The van der Waals surface area contributed by atoms with Crippen LogP contribution in [0.15, 0.2) is 48.5 Å². The molecule has 0 radical (unpaired) electrons. The van der Waals surface area contributed by atoms with Crippen molar-refractivity contribution in [3.63, 3.8) is 0 Å². The van der Waals surface area contributed by atoms with Crippen molar-refractivity contribution in [2.24, 2.45) is 0 Å². The van der Waals surface area contributed by atoms with Crippen molar-refractivity contribution in [1.82, 2.24) is 25.1 Å². The maximum absolute atomic E-state index is 12.5. The van der Waals surface area contributed by atoms with Crippen LogP contribution < -0.4 is 10.1 Å². The third kappa shape index (κ3) is 4.33. The molecule has 2 aromatic carbocycles. The number of benzene rings is 2. The zero-order valence-electron chi connectivity index (χ0n) is 17.1. The average Bonchev–Trinajstić information content (AvgIpc) is 3.33. The van der Waals surface area contributed by atoms with Crippen molar-refractivity contribution in [3.05, 3.63) is 65.5 Å². The molecule has 0 aliphatic rings. The van der Waals surface area contributed by atoms with E-state index in [4.69, 9.17) is 4.74 Å². The molecule has 0 bridgehead atoms. The van der Waals surface area contributed by atoms with Gasteiger partial charge in [0.05, 0.1) is 6.10 Å². The van der Waals surface area contributed by atoms with Crippen LogP contribution in [0.3, 0.4) is 0 Å². The Kier molecular flexibility index (Phi) is 5.76. The first-order valence-corrected chi connectivity index (χ1v) is 10.7. The lowest BCUT2D eigenvalue weighted by molar-refractivity contribution is 0.0950. The van der Waals surface area contributed by atoms with Crippen molar-refractivity contribution >= 4 is 22.2 Å². The van der Waals surface area contributed by atoms with Crippen LogP contribution in [0.5, 0.6) is 5.75 Å². The highest BCUT2D eigenvalue weighted by Crippen LogP contribution is 2.25. The van der Waals surface area contributed by atoms with E-state index in [1.54, 1.807) is 16.6 Å². The third-order valence-electron chi connectivity index (χ3n) is 4.49. The molecule has 154 valence electrons. The monoisotopic (exact) mass is 421 g/mol. The number of nitrogens with zero attached hydrogens (tertiary/aromatic N) is 4. The van der Waals surface area contributed by atoms with Gasteiger partial charge in [0.15, 0.2) is 5.82 Å². The van der Waals surface area contributed by atoms with E-state index in [1.807, 2.05) is 57.2 Å². The summed E-state index contributed by atoms with van der Waals surface area (Å²) >= 11 is 1.51. The maximum Gasteiger partial charge on any atom is 0.251 e. The van der Waals surface area contributed by atoms with Crippen LogP contribution in [0.1, 0.15) is 42.5 Å². The molecule has 8 heteroatoms. The number of ether oxygens (including phenoxy) is 1. The number of nitrogens with one attached hydrogen (secondary N) is 1. The van der Waals surface area contributed by atoms with Crippen molar-refractivity contribution in [1.29, 1.82) is 0 Å². The molecular weight excluding hydrogens is 398 g/mol. The summed E-state index contributed by atoms with van der Waals surface area (Å²) in [5.74, 6) is 1.42. The molecule has 0 saturated carbocycles. The SMILES string of the molecule is CCc1nnc2sc(-c3ccc(CNC(=O)c4cccc(OC(C)C)c4)cc3)nn12. The predicted molar refractivity (Wildman–Crippen MR) is 117 cm³/mol. The van der Waals surface area contributed by atoms with Gasteiger partial charge in [0, 0.05) is 24.1 Å². The van der Waals surface area contributed by atoms with E-state index < -0.39 is 0 Å². The van der Waals surface area contributed by atoms with Gasteiger partial charge in [0.1, 0.15) is 10.8 Å². The van der Waals surface area contributed by atoms with Crippen molar-refractivity contribution in [2.45, 2.75) is 39.8 Å². The number of amides is 1. The fourth-order valence-corrected chi connectivity index (χ4v) is 3.89. The molecule has 0 spiro atoms. The maximum atomic E-state index is 12.5. The summed E-state index contributed by atoms with van der Waals surface area (Å²) in [7, 11) is 0. The van der Waals surface area contributed by atoms with Crippen LogP contribution in [0.25, 0.3) is 15.5 Å². The van der Waals surface area contributed by atoms with Gasteiger partial charge in [-0.25, -0.2) is 0 Å². The molecule has 4 aromatic rings. The summed E-state index contributed by atoms with van der Waals surface area (Å²) in [6.07, 6.45) is 0.851. The van der Waals surface area contributed by atoms with Gasteiger partial charge < -0.3 is 10.1 Å². The first-order chi connectivity index (χ1) is 14.5. The molecule has 4 rings (SSSR count). The van der Waals surface area contributed by atoms with E-state index >= 15 is 0 Å². The second kappa shape index (κ2) is 8.62. The van der Waals surface area contributed by atoms with Gasteiger partial charge in [-0.1, -0.05) is 48.6 Å². The molecule has 0 aliphatic heterocycles. The van der Waals surface area contributed by atoms with Gasteiger partial charge in [0.25, 0.3) is 5.91 Å². The molecule has 0 fully saturated rings. The zero-order chi connectivity index (χ0) is 21.1. The van der Waals surface area contributed by atoms with Crippen LogP contribution in [0.4, 0.5) is 0 Å². The predicted octanol–water partition coefficient (Wildman–Crippen LogP) is 4.13. The van der Waals surface area contributed by atoms with Gasteiger partial charge in [-0.05, 0) is 37.6 Å². The van der Waals surface area contributed by atoms with E-state index in [2.05, 4.69) is 20.6 Å². The highest BCUT2D eigenvalue weighted by Gasteiger charge is 2.12. The average molecular weight is 422 g/mol. The van der Waals surface area contributed by atoms with Gasteiger partial charge in [-0.3, -0.25) is 4.79 Å². The van der Waals surface area contributed by atoms with E-state index in [-0.39, 0.29) is 12.0 Å². The van der Waals surface area contributed by atoms with Crippen LogP contribution in [0.2, 0.25) is 0 Å². The fraction of sp³-hybridized carbons (Fsp3) is 0.273.